The number of hydrogen-bond donors (Lipinski definition) is 3. The predicted octanol–water partition coefficient (Wildman–Crippen LogP) is 2.35. The highest BCUT2D eigenvalue weighted by Gasteiger charge is 2.10. The number of anilines is 1. The third-order valence-corrected chi connectivity index (χ3v) is 2.94. The van der Waals surface area contributed by atoms with Gasteiger partial charge in [-0.2, -0.15) is 0 Å². The average molecular weight is 273 g/mol. The van der Waals surface area contributed by atoms with E-state index in [0.29, 0.717) is 17.8 Å². The van der Waals surface area contributed by atoms with Gasteiger partial charge in [0.05, 0.1) is 11.3 Å². The van der Waals surface area contributed by atoms with Crippen molar-refractivity contribution in [3.63, 3.8) is 0 Å². The molecule has 5 heteroatoms. The van der Waals surface area contributed by atoms with Crippen LogP contribution >= 0.6 is 0 Å². The van der Waals surface area contributed by atoms with Crippen molar-refractivity contribution in [2.45, 2.75) is 13.5 Å². The van der Waals surface area contributed by atoms with Crippen molar-refractivity contribution < 1.29 is 9.18 Å². The molecular formula is C15H16FN3O. The maximum Gasteiger partial charge on any atom is 0.253 e. The summed E-state index contributed by atoms with van der Waals surface area (Å²) in [6.45, 7) is 2.23. The van der Waals surface area contributed by atoms with Crippen LogP contribution in [0.5, 0.6) is 0 Å². The second-order valence-corrected chi connectivity index (χ2v) is 4.50. The van der Waals surface area contributed by atoms with Crippen molar-refractivity contribution >= 4 is 11.6 Å². The molecule has 0 atom stereocenters. The van der Waals surface area contributed by atoms with Gasteiger partial charge in [0.2, 0.25) is 0 Å². The Morgan fingerprint density at radius 2 is 1.90 bits per heavy atom. The van der Waals surface area contributed by atoms with Gasteiger partial charge in [0.25, 0.3) is 5.91 Å². The summed E-state index contributed by atoms with van der Waals surface area (Å²) in [5.41, 5.74) is 5.34. The number of halogens is 1. The lowest BCUT2D eigenvalue weighted by Crippen LogP contribution is -2.25. The van der Waals surface area contributed by atoms with E-state index in [-0.39, 0.29) is 11.7 Å². The Balaban J connectivity index is 2.08. The number of hydrogen-bond acceptors (Lipinski definition) is 3. The van der Waals surface area contributed by atoms with Gasteiger partial charge < -0.3 is 10.7 Å². The number of nitrogens with two attached hydrogens (primary N) is 1. The standard InChI is InChI=1S/C15H16FN3O/c1-10-2-7-14(19-17)13(8-10)15(20)18-9-11-3-5-12(16)6-4-11/h2-8,19H,9,17H2,1H3,(H,18,20). The van der Waals surface area contributed by atoms with Crippen LogP contribution in [-0.2, 0) is 6.54 Å². The monoisotopic (exact) mass is 273 g/mol. The Labute approximate surface area is 116 Å². The number of hydrazine groups is 1. The van der Waals surface area contributed by atoms with E-state index >= 15 is 0 Å². The molecule has 0 saturated heterocycles. The summed E-state index contributed by atoms with van der Waals surface area (Å²) < 4.78 is 12.8. The molecule has 1 amide bonds. The van der Waals surface area contributed by atoms with Crippen molar-refractivity contribution in [3.8, 4) is 0 Å². The van der Waals surface area contributed by atoms with E-state index in [4.69, 9.17) is 5.84 Å². The Bertz CT molecular complexity index is 611. The van der Waals surface area contributed by atoms with Gasteiger partial charge in [0, 0.05) is 6.54 Å². The zero-order valence-corrected chi connectivity index (χ0v) is 11.1. The van der Waals surface area contributed by atoms with Crippen LogP contribution in [0.2, 0.25) is 0 Å². The number of rotatable bonds is 4. The predicted molar refractivity (Wildman–Crippen MR) is 76.6 cm³/mol. The Hall–Kier alpha value is -2.40. The summed E-state index contributed by atoms with van der Waals surface area (Å²) >= 11 is 0. The zero-order chi connectivity index (χ0) is 14.5. The van der Waals surface area contributed by atoms with Crippen molar-refractivity contribution in [2.75, 3.05) is 5.43 Å². The van der Waals surface area contributed by atoms with Crippen LogP contribution in [-0.4, -0.2) is 5.91 Å². The van der Waals surface area contributed by atoms with Crippen LogP contribution < -0.4 is 16.6 Å². The maximum atomic E-state index is 12.8. The molecule has 4 nitrogen and oxygen atoms in total. The van der Waals surface area contributed by atoms with E-state index in [1.807, 2.05) is 13.0 Å². The lowest BCUT2D eigenvalue weighted by Gasteiger charge is -2.10. The minimum atomic E-state index is -0.298. The lowest BCUT2D eigenvalue weighted by molar-refractivity contribution is 0.0951. The zero-order valence-electron chi connectivity index (χ0n) is 11.1. The normalized spacial score (nSPS) is 10.2. The van der Waals surface area contributed by atoms with Gasteiger partial charge in [-0.25, -0.2) is 4.39 Å². The fraction of sp³-hybridized carbons (Fsp3) is 0.133. The molecule has 0 saturated carbocycles. The topological polar surface area (TPSA) is 67.1 Å². The van der Waals surface area contributed by atoms with Crippen molar-refractivity contribution in [3.05, 3.63) is 65.0 Å². The first kappa shape index (κ1) is 14.0. The average Bonchev–Trinajstić information content (AvgIpc) is 2.46. The molecule has 2 aromatic rings. The van der Waals surface area contributed by atoms with Crippen LogP contribution in [0.4, 0.5) is 10.1 Å². The molecule has 104 valence electrons. The number of aryl methyl sites for hydroxylation is 1. The van der Waals surface area contributed by atoms with E-state index < -0.39 is 0 Å². The van der Waals surface area contributed by atoms with Gasteiger partial charge in [-0.3, -0.25) is 10.6 Å². The van der Waals surface area contributed by atoms with Crippen LogP contribution in [0.15, 0.2) is 42.5 Å². The number of nitrogens with one attached hydrogen (secondary N) is 2. The third-order valence-electron chi connectivity index (χ3n) is 2.94. The molecule has 0 aliphatic carbocycles. The maximum absolute atomic E-state index is 12.8. The minimum Gasteiger partial charge on any atom is -0.348 e. The molecule has 0 spiro atoms. The fourth-order valence-corrected chi connectivity index (χ4v) is 1.85. The van der Waals surface area contributed by atoms with Gasteiger partial charge in [-0.05, 0) is 36.8 Å². The molecule has 0 aliphatic rings. The van der Waals surface area contributed by atoms with Gasteiger partial charge in [-0.15, -0.1) is 0 Å². The Morgan fingerprint density at radius 1 is 1.20 bits per heavy atom. The lowest BCUT2D eigenvalue weighted by atomic mass is 10.1. The van der Waals surface area contributed by atoms with Crippen LogP contribution in [0, 0.1) is 12.7 Å². The van der Waals surface area contributed by atoms with Crippen LogP contribution in [0.25, 0.3) is 0 Å². The number of nitrogen functional groups attached to an aromatic ring is 1. The number of carbonyl (C=O) groups is 1. The van der Waals surface area contributed by atoms with E-state index in [2.05, 4.69) is 10.7 Å². The first-order chi connectivity index (χ1) is 9.60. The fourth-order valence-electron chi connectivity index (χ4n) is 1.85. The SMILES string of the molecule is Cc1ccc(NN)c(C(=O)NCc2ccc(F)cc2)c1. The highest BCUT2D eigenvalue weighted by molar-refractivity contribution is 5.99. The molecule has 0 bridgehead atoms. The third kappa shape index (κ3) is 3.33. The number of carbonyl (C=O) groups excluding carboxylic acids is 1. The first-order valence-corrected chi connectivity index (χ1v) is 6.20. The highest BCUT2D eigenvalue weighted by atomic mass is 19.1. The molecule has 0 aromatic heterocycles. The number of amides is 1. The summed E-state index contributed by atoms with van der Waals surface area (Å²) in [7, 11) is 0. The molecule has 0 radical (unpaired) electrons. The minimum absolute atomic E-state index is 0.231. The van der Waals surface area contributed by atoms with E-state index in [0.717, 1.165) is 11.1 Å². The summed E-state index contributed by atoms with van der Waals surface area (Å²) in [5.74, 6) is 4.86. The molecule has 0 heterocycles. The number of benzene rings is 2. The summed E-state index contributed by atoms with van der Waals surface area (Å²) in [6.07, 6.45) is 0. The van der Waals surface area contributed by atoms with E-state index in [9.17, 15) is 9.18 Å². The summed E-state index contributed by atoms with van der Waals surface area (Å²) in [6, 6.07) is 11.4. The molecule has 2 aromatic carbocycles. The molecule has 0 fully saturated rings. The van der Waals surface area contributed by atoms with Gasteiger partial charge in [-0.1, -0.05) is 23.8 Å². The Kier molecular flexibility index (Phi) is 4.32. The molecule has 0 unspecified atom stereocenters. The molecule has 2 rings (SSSR count). The van der Waals surface area contributed by atoms with Crippen LogP contribution in [0.1, 0.15) is 21.5 Å². The first-order valence-electron chi connectivity index (χ1n) is 6.20. The van der Waals surface area contributed by atoms with Crippen molar-refractivity contribution in [2.24, 2.45) is 5.84 Å². The molecule has 4 N–H and O–H groups in total. The summed E-state index contributed by atoms with van der Waals surface area (Å²) in [5, 5.41) is 2.78. The van der Waals surface area contributed by atoms with Crippen molar-refractivity contribution in [1.82, 2.24) is 5.32 Å². The molecule has 0 aliphatic heterocycles. The highest BCUT2D eigenvalue weighted by Crippen LogP contribution is 2.16. The smallest absolute Gasteiger partial charge is 0.253 e. The van der Waals surface area contributed by atoms with Crippen molar-refractivity contribution in [1.29, 1.82) is 0 Å². The Morgan fingerprint density at radius 3 is 2.55 bits per heavy atom. The quantitative estimate of drug-likeness (QED) is 0.591. The van der Waals surface area contributed by atoms with Crippen LogP contribution in [0.3, 0.4) is 0 Å². The second kappa shape index (κ2) is 6.16. The van der Waals surface area contributed by atoms with E-state index in [1.54, 1.807) is 24.3 Å². The largest absolute Gasteiger partial charge is 0.348 e. The molecule has 20 heavy (non-hydrogen) atoms. The second-order valence-electron chi connectivity index (χ2n) is 4.50. The van der Waals surface area contributed by atoms with Gasteiger partial charge in [0.15, 0.2) is 0 Å². The molecular weight excluding hydrogens is 257 g/mol. The summed E-state index contributed by atoms with van der Waals surface area (Å²) in [4.78, 5) is 12.1. The van der Waals surface area contributed by atoms with Gasteiger partial charge in [0.1, 0.15) is 5.82 Å². The van der Waals surface area contributed by atoms with E-state index in [1.165, 1.54) is 12.1 Å². The van der Waals surface area contributed by atoms with Gasteiger partial charge >= 0.3 is 0 Å².